The monoisotopic (exact) mass is 242 g/mol. The number of hydrogen-bond acceptors (Lipinski definition) is 4. The molecular formula is C12H22N2O3. The second-order valence-corrected chi connectivity index (χ2v) is 5.02. The molecule has 98 valence electrons. The summed E-state index contributed by atoms with van der Waals surface area (Å²) in [4.78, 5) is 16.0. The number of aliphatic hydroxyl groups excluding tert-OH is 1. The van der Waals surface area contributed by atoms with Gasteiger partial charge in [0.1, 0.15) is 0 Å². The number of hydrogen-bond donors (Lipinski definition) is 1. The molecule has 1 amide bonds. The second-order valence-electron chi connectivity index (χ2n) is 5.02. The smallest absolute Gasteiger partial charge is 0.236 e. The van der Waals surface area contributed by atoms with Crippen LogP contribution >= 0.6 is 0 Å². The lowest BCUT2D eigenvalue weighted by Crippen LogP contribution is -2.45. The van der Waals surface area contributed by atoms with E-state index >= 15 is 0 Å². The Bertz CT molecular complexity index is 264. The molecule has 0 saturated carbocycles. The SMILES string of the molecule is CC(O)C1CCN(CC(=O)N2CCOCC2)C1. The average molecular weight is 242 g/mol. The summed E-state index contributed by atoms with van der Waals surface area (Å²) in [5.74, 6) is 0.520. The number of aliphatic hydroxyl groups is 1. The summed E-state index contributed by atoms with van der Waals surface area (Å²) in [5, 5.41) is 9.51. The summed E-state index contributed by atoms with van der Waals surface area (Å²) in [6, 6.07) is 0. The van der Waals surface area contributed by atoms with Gasteiger partial charge in [0.2, 0.25) is 5.91 Å². The predicted molar refractivity (Wildman–Crippen MR) is 63.6 cm³/mol. The lowest BCUT2D eigenvalue weighted by atomic mass is 10.0. The summed E-state index contributed by atoms with van der Waals surface area (Å²) >= 11 is 0. The quantitative estimate of drug-likeness (QED) is 0.728. The zero-order valence-corrected chi connectivity index (χ0v) is 10.5. The third-order valence-electron chi connectivity index (χ3n) is 3.71. The lowest BCUT2D eigenvalue weighted by Gasteiger charge is -2.28. The van der Waals surface area contributed by atoms with Gasteiger partial charge in [0.25, 0.3) is 0 Å². The minimum absolute atomic E-state index is 0.194. The molecule has 2 aliphatic heterocycles. The summed E-state index contributed by atoms with van der Waals surface area (Å²) in [5.41, 5.74) is 0. The first-order valence-corrected chi connectivity index (χ1v) is 6.43. The van der Waals surface area contributed by atoms with E-state index in [0.717, 1.165) is 19.5 Å². The molecule has 0 aromatic heterocycles. The van der Waals surface area contributed by atoms with Crippen LogP contribution in [-0.2, 0) is 9.53 Å². The van der Waals surface area contributed by atoms with E-state index in [-0.39, 0.29) is 12.0 Å². The third-order valence-corrected chi connectivity index (χ3v) is 3.71. The minimum Gasteiger partial charge on any atom is -0.393 e. The van der Waals surface area contributed by atoms with Gasteiger partial charge in [-0.2, -0.15) is 0 Å². The van der Waals surface area contributed by atoms with Crippen LogP contribution in [0.1, 0.15) is 13.3 Å². The van der Waals surface area contributed by atoms with Crippen LogP contribution in [0.25, 0.3) is 0 Å². The Morgan fingerprint density at radius 2 is 2.12 bits per heavy atom. The fourth-order valence-electron chi connectivity index (χ4n) is 2.50. The number of carbonyl (C=O) groups excluding carboxylic acids is 1. The molecule has 2 saturated heterocycles. The van der Waals surface area contributed by atoms with E-state index in [9.17, 15) is 9.90 Å². The molecule has 17 heavy (non-hydrogen) atoms. The first-order chi connectivity index (χ1) is 8.16. The van der Waals surface area contributed by atoms with Crippen molar-refractivity contribution in [3.8, 4) is 0 Å². The Morgan fingerprint density at radius 1 is 1.41 bits per heavy atom. The van der Waals surface area contributed by atoms with Crippen LogP contribution < -0.4 is 0 Å². The number of nitrogens with zero attached hydrogens (tertiary/aromatic N) is 2. The van der Waals surface area contributed by atoms with E-state index in [2.05, 4.69) is 4.90 Å². The van der Waals surface area contributed by atoms with Gasteiger partial charge in [0.15, 0.2) is 0 Å². The van der Waals surface area contributed by atoms with Gasteiger partial charge in [0.05, 0.1) is 25.9 Å². The first-order valence-electron chi connectivity index (χ1n) is 6.43. The number of carbonyl (C=O) groups is 1. The highest BCUT2D eigenvalue weighted by Gasteiger charge is 2.28. The molecule has 2 unspecified atom stereocenters. The zero-order chi connectivity index (χ0) is 12.3. The molecule has 0 bridgehead atoms. The molecule has 5 nitrogen and oxygen atoms in total. The van der Waals surface area contributed by atoms with Crippen LogP contribution in [0, 0.1) is 5.92 Å². The maximum atomic E-state index is 12.0. The van der Waals surface area contributed by atoms with Crippen LogP contribution in [0.4, 0.5) is 0 Å². The van der Waals surface area contributed by atoms with Crippen molar-refractivity contribution >= 4 is 5.91 Å². The fourth-order valence-corrected chi connectivity index (χ4v) is 2.50. The van der Waals surface area contributed by atoms with Gasteiger partial charge in [-0.1, -0.05) is 0 Å². The Morgan fingerprint density at radius 3 is 2.71 bits per heavy atom. The Balaban J connectivity index is 1.75. The Labute approximate surface area is 102 Å². The van der Waals surface area contributed by atoms with E-state index in [1.165, 1.54) is 0 Å². The molecule has 0 aromatic rings. The molecule has 2 fully saturated rings. The number of morpholine rings is 1. The van der Waals surface area contributed by atoms with E-state index in [1.807, 2.05) is 11.8 Å². The summed E-state index contributed by atoms with van der Waals surface area (Å²) in [6.45, 7) is 6.82. The number of ether oxygens (including phenoxy) is 1. The van der Waals surface area contributed by atoms with E-state index in [4.69, 9.17) is 4.74 Å². The fraction of sp³-hybridized carbons (Fsp3) is 0.917. The molecule has 2 heterocycles. The second kappa shape index (κ2) is 5.80. The van der Waals surface area contributed by atoms with Crippen molar-refractivity contribution in [3.05, 3.63) is 0 Å². The van der Waals surface area contributed by atoms with Gasteiger partial charge in [-0.25, -0.2) is 0 Å². The minimum atomic E-state index is -0.265. The Kier molecular flexibility index (Phi) is 4.36. The van der Waals surface area contributed by atoms with Crippen LogP contribution in [0.3, 0.4) is 0 Å². The van der Waals surface area contributed by atoms with Crippen LogP contribution in [0.15, 0.2) is 0 Å². The molecular weight excluding hydrogens is 220 g/mol. The molecule has 0 aliphatic carbocycles. The largest absolute Gasteiger partial charge is 0.393 e. The highest BCUT2D eigenvalue weighted by atomic mass is 16.5. The third kappa shape index (κ3) is 3.40. The number of amides is 1. The summed E-state index contributed by atoms with van der Waals surface area (Å²) < 4.78 is 5.23. The molecule has 1 N–H and O–H groups in total. The van der Waals surface area contributed by atoms with Crippen LogP contribution in [0.2, 0.25) is 0 Å². The van der Waals surface area contributed by atoms with Crippen LogP contribution in [0.5, 0.6) is 0 Å². The van der Waals surface area contributed by atoms with E-state index in [0.29, 0.717) is 38.8 Å². The van der Waals surface area contributed by atoms with Crippen LogP contribution in [-0.4, -0.2) is 72.9 Å². The molecule has 5 heteroatoms. The summed E-state index contributed by atoms with van der Waals surface area (Å²) in [7, 11) is 0. The van der Waals surface area contributed by atoms with Crippen molar-refractivity contribution in [2.45, 2.75) is 19.4 Å². The van der Waals surface area contributed by atoms with E-state index < -0.39 is 0 Å². The summed E-state index contributed by atoms with van der Waals surface area (Å²) in [6.07, 6.45) is 0.729. The van der Waals surface area contributed by atoms with Gasteiger partial charge in [-0.3, -0.25) is 9.69 Å². The Hall–Kier alpha value is -0.650. The average Bonchev–Trinajstić information content (AvgIpc) is 2.79. The molecule has 2 atom stereocenters. The zero-order valence-electron chi connectivity index (χ0n) is 10.5. The molecule has 0 radical (unpaired) electrons. The lowest BCUT2D eigenvalue weighted by molar-refractivity contribution is -0.136. The van der Waals surface area contributed by atoms with Gasteiger partial charge in [-0.15, -0.1) is 0 Å². The normalized spacial score (nSPS) is 28.4. The number of rotatable bonds is 3. The first kappa shape index (κ1) is 12.8. The van der Waals surface area contributed by atoms with Gasteiger partial charge in [-0.05, 0) is 25.8 Å². The van der Waals surface area contributed by atoms with Crippen molar-refractivity contribution in [1.29, 1.82) is 0 Å². The maximum absolute atomic E-state index is 12.0. The molecule has 0 spiro atoms. The van der Waals surface area contributed by atoms with Crippen molar-refractivity contribution in [2.24, 2.45) is 5.92 Å². The topological polar surface area (TPSA) is 53.0 Å². The van der Waals surface area contributed by atoms with Gasteiger partial charge in [0, 0.05) is 19.6 Å². The highest BCUT2D eigenvalue weighted by molar-refractivity contribution is 5.78. The van der Waals surface area contributed by atoms with Crippen molar-refractivity contribution < 1.29 is 14.6 Å². The number of likely N-dealkylation sites (tertiary alicyclic amines) is 1. The molecule has 2 aliphatic rings. The maximum Gasteiger partial charge on any atom is 0.236 e. The van der Waals surface area contributed by atoms with Crippen molar-refractivity contribution in [1.82, 2.24) is 9.80 Å². The predicted octanol–water partition coefficient (Wildman–Crippen LogP) is -0.452. The van der Waals surface area contributed by atoms with Gasteiger partial charge < -0.3 is 14.7 Å². The van der Waals surface area contributed by atoms with Crippen molar-refractivity contribution in [3.63, 3.8) is 0 Å². The highest BCUT2D eigenvalue weighted by Crippen LogP contribution is 2.19. The van der Waals surface area contributed by atoms with Gasteiger partial charge >= 0.3 is 0 Å². The molecule has 2 rings (SSSR count). The van der Waals surface area contributed by atoms with Crippen molar-refractivity contribution in [2.75, 3.05) is 45.9 Å². The standard InChI is InChI=1S/C12H22N2O3/c1-10(15)11-2-3-13(8-11)9-12(16)14-4-6-17-7-5-14/h10-11,15H,2-9H2,1H3. The van der Waals surface area contributed by atoms with E-state index in [1.54, 1.807) is 0 Å². The molecule has 0 aromatic carbocycles.